The first kappa shape index (κ1) is 16.5. The van der Waals surface area contributed by atoms with Crippen molar-refractivity contribution in [3.63, 3.8) is 0 Å². The van der Waals surface area contributed by atoms with Gasteiger partial charge in [0.1, 0.15) is 12.3 Å². The van der Waals surface area contributed by atoms with E-state index >= 15 is 0 Å². The van der Waals surface area contributed by atoms with Crippen LogP contribution in [0.1, 0.15) is 40.0 Å². The Morgan fingerprint density at radius 3 is 2.43 bits per heavy atom. The Morgan fingerprint density at radius 2 is 1.95 bits per heavy atom. The van der Waals surface area contributed by atoms with Gasteiger partial charge in [0.2, 0.25) is 0 Å². The van der Waals surface area contributed by atoms with Crippen LogP contribution in [0.2, 0.25) is 0 Å². The van der Waals surface area contributed by atoms with Crippen molar-refractivity contribution in [3.05, 3.63) is 0 Å². The van der Waals surface area contributed by atoms with E-state index in [1.54, 1.807) is 4.90 Å². The first-order chi connectivity index (χ1) is 9.72. The summed E-state index contributed by atoms with van der Waals surface area (Å²) in [5.41, 5.74) is 4.88. The number of piperidine rings is 1. The number of ether oxygens (including phenoxy) is 1. The van der Waals surface area contributed by atoms with Crippen molar-refractivity contribution >= 4 is 6.09 Å². The van der Waals surface area contributed by atoms with E-state index in [9.17, 15) is 9.18 Å². The second-order valence-electron chi connectivity index (χ2n) is 7.42. The van der Waals surface area contributed by atoms with Gasteiger partial charge < -0.3 is 15.4 Å². The average Bonchev–Trinajstić information content (AvgIpc) is 2.80. The van der Waals surface area contributed by atoms with Crippen molar-refractivity contribution < 1.29 is 13.9 Å². The summed E-state index contributed by atoms with van der Waals surface area (Å²) in [7, 11) is 0. The van der Waals surface area contributed by atoms with Gasteiger partial charge in [0.25, 0.3) is 0 Å². The number of rotatable bonds is 2. The van der Waals surface area contributed by atoms with Crippen LogP contribution in [0.25, 0.3) is 0 Å². The summed E-state index contributed by atoms with van der Waals surface area (Å²) in [6.45, 7) is 8.05. The number of halogens is 1. The van der Waals surface area contributed by atoms with E-state index < -0.39 is 17.8 Å². The third-order valence-corrected chi connectivity index (χ3v) is 4.31. The van der Waals surface area contributed by atoms with Gasteiger partial charge in [0, 0.05) is 32.2 Å². The maximum Gasteiger partial charge on any atom is 0.410 e. The molecule has 1 atom stereocenters. The highest BCUT2D eigenvalue weighted by atomic mass is 19.1. The maximum atomic E-state index is 12.9. The minimum atomic E-state index is -0.664. The van der Waals surface area contributed by atoms with Gasteiger partial charge in [0.15, 0.2) is 0 Å². The molecule has 6 heteroatoms. The molecule has 2 rings (SSSR count). The van der Waals surface area contributed by atoms with Gasteiger partial charge in [-0.1, -0.05) is 0 Å². The topological polar surface area (TPSA) is 58.8 Å². The number of hydrogen-bond donors (Lipinski definition) is 1. The first-order valence-corrected chi connectivity index (χ1v) is 7.79. The summed E-state index contributed by atoms with van der Waals surface area (Å²) < 4.78 is 18.3. The highest BCUT2D eigenvalue weighted by Gasteiger charge is 2.39. The Kier molecular flexibility index (Phi) is 4.78. The zero-order valence-corrected chi connectivity index (χ0v) is 13.4. The first-order valence-electron chi connectivity index (χ1n) is 7.79. The van der Waals surface area contributed by atoms with Crippen LogP contribution >= 0.6 is 0 Å². The molecule has 0 aromatic carbocycles. The van der Waals surface area contributed by atoms with Crippen LogP contribution in [0.15, 0.2) is 0 Å². The van der Waals surface area contributed by atoms with Crippen molar-refractivity contribution in [3.8, 4) is 0 Å². The quantitative estimate of drug-likeness (QED) is 0.844. The summed E-state index contributed by atoms with van der Waals surface area (Å²) in [6.07, 6.45) is 2.29. The van der Waals surface area contributed by atoms with Crippen molar-refractivity contribution in [1.29, 1.82) is 0 Å². The largest absolute Gasteiger partial charge is 0.444 e. The van der Waals surface area contributed by atoms with Crippen molar-refractivity contribution in [1.82, 2.24) is 9.80 Å². The third-order valence-electron chi connectivity index (χ3n) is 4.31. The number of amides is 1. The average molecular weight is 301 g/mol. The number of nitrogens with two attached hydrogens (primary N) is 1. The zero-order chi connectivity index (χ0) is 15.7. The molecule has 122 valence electrons. The number of carbonyl (C=O) groups is 1. The van der Waals surface area contributed by atoms with E-state index in [-0.39, 0.29) is 6.09 Å². The van der Waals surface area contributed by atoms with Gasteiger partial charge in [0.05, 0.1) is 5.54 Å². The monoisotopic (exact) mass is 301 g/mol. The lowest BCUT2D eigenvalue weighted by atomic mass is 10.0. The van der Waals surface area contributed by atoms with Crippen LogP contribution in [0, 0.1) is 0 Å². The van der Waals surface area contributed by atoms with Crippen LogP contribution in [0.3, 0.4) is 0 Å². The van der Waals surface area contributed by atoms with E-state index in [4.69, 9.17) is 10.5 Å². The molecule has 1 unspecified atom stereocenters. The molecular formula is C15H28FN3O2. The summed E-state index contributed by atoms with van der Waals surface area (Å²) in [6, 6.07) is 0.403. The fraction of sp³-hybridized carbons (Fsp3) is 0.933. The van der Waals surface area contributed by atoms with Crippen LogP contribution < -0.4 is 5.73 Å². The van der Waals surface area contributed by atoms with Gasteiger partial charge >= 0.3 is 6.09 Å². The molecule has 2 fully saturated rings. The lowest BCUT2D eigenvalue weighted by molar-refractivity contribution is 0.0152. The van der Waals surface area contributed by atoms with Crippen LogP contribution in [-0.4, -0.2) is 65.9 Å². The Hall–Kier alpha value is -0.880. The standard InChI is InChI=1S/C15H28FN3O2/c1-14(2,3)21-13(20)18-7-4-12(5-8-18)19-9-6-15(17,10-16)11-19/h12H,4-11,17H2,1-3H3. The predicted molar refractivity (Wildman–Crippen MR) is 79.9 cm³/mol. The normalized spacial score (nSPS) is 28.9. The molecule has 2 N–H and O–H groups in total. The van der Waals surface area contributed by atoms with Gasteiger partial charge in [-0.3, -0.25) is 4.90 Å². The van der Waals surface area contributed by atoms with Crippen molar-refractivity contribution in [2.24, 2.45) is 5.73 Å². The number of alkyl halides is 1. The molecule has 21 heavy (non-hydrogen) atoms. The molecule has 1 amide bonds. The molecule has 0 spiro atoms. The maximum absolute atomic E-state index is 12.9. The van der Waals surface area contributed by atoms with E-state index in [2.05, 4.69) is 4.90 Å². The SMILES string of the molecule is CC(C)(C)OC(=O)N1CCC(N2CCC(N)(CF)C2)CC1. The van der Waals surface area contributed by atoms with Crippen molar-refractivity contribution in [2.45, 2.75) is 57.2 Å². The minimum absolute atomic E-state index is 0.237. The molecule has 5 nitrogen and oxygen atoms in total. The molecule has 0 radical (unpaired) electrons. The van der Waals surface area contributed by atoms with Crippen LogP contribution in [0.4, 0.5) is 9.18 Å². The zero-order valence-electron chi connectivity index (χ0n) is 13.4. The minimum Gasteiger partial charge on any atom is -0.444 e. The summed E-state index contributed by atoms with van der Waals surface area (Å²) in [5, 5.41) is 0. The predicted octanol–water partition coefficient (Wildman–Crippen LogP) is 1.76. The Labute approximate surface area is 126 Å². The second-order valence-corrected chi connectivity index (χ2v) is 7.42. The van der Waals surface area contributed by atoms with E-state index in [1.165, 1.54) is 0 Å². The van der Waals surface area contributed by atoms with E-state index in [0.717, 1.165) is 25.8 Å². The Bertz CT molecular complexity index is 378. The Morgan fingerprint density at radius 1 is 1.33 bits per heavy atom. The number of carbonyl (C=O) groups excluding carboxylic acids is 1. The smallest absolute Gasteiger partial charge is 0.410 e. The molecule has 2 aliphatic rings. The number of nitrogens with zero attached hydrogens (tertiary/aromatic N) is 2. The molecular weight excluding hydrogens is 273 g/mol. The molecule has 0 saturated carbocycles. The lowest BCUT2D eigenvalue weighted by Gasteiger charge is -2.37. The molecule has 2 aliphatic heterocycles. The summed E-state index contributed by atoms with van der Waals surface area (Å²) >= 11 is 0. The van der Waals surface area contributed by atoms with Crippen LogP contribution in [-0.2, 0) is 4.74 Å². The van der Waals surface area contributed by atoms with Gasteiger partial charge in [-0.2, -0.15) is 0 Å². The van der Waals surface area contributed by atoms with Gasteiger partial charge in [-0.25, -0.2) is 9.18 Å². The molecule has 0 aromatic heterocycles. The molecule has 0 aromatic rings. The van der Waals surface area contributed by atoms with Crippen molar-refractivity contribution in [2.75, 3.05) is 32.9 Å². The lowest BCUT2D eigenvalue weighted by Crippen LogP contribution is -2.50. The number of likely N-dealkylation sites (tertiary alicyclic amines) is 2. The second kappa shape index (κ2) is 6.08. The molecule has 2 saturated heterocycles. The molecule has 0 aliphatic carbocycles. The number of hydrogen-bond acceptors (Lipinski definition) is 4. The summed E-state index contributed by atoms with van der Waals surface area (Å²) in [4.78, 5) is 16.1. The van der Waals surface area contributed by atoms with E-state index in [0.29, 0.717) is 25.7 Å². The molecule has 2 heterocycles. The van der Waals surface area contributed by atoms with E-state index in [1.807, 2.05) is 20.8 Å². The van der Waals surface area contributed by atoms with Gasteiger partial charge in [-0.05, 0) is 40.0 Å². The highest BCUT2D eigenvalue weighted by Crippen LogP contribution is 2.26. The van der Waals surface area contributed by atoms with Gasteiger partial charge in [-0.15, -0.1) is 0 Å². The van der Waals surface area contributed by atoms with Crippen LogP contribution in [0.5, 0.6) is 0 Å². The fourth-order valence-corrected chi connectivity index (χ4v) is 3.09. The Balaban J connectivity index is 1.80. The highest BCUT2D eigenvalue weighted by molar-refractivity contribution is 5.68. The fourth-order valence-electron chi connectivity index (χ4n) is 3.09. The molecule has 0 bridgehead atoms. The summed E-state index contributed by atoms with van der Waals surface area (Å²) in [5.74, 6) is 0. The third kappa shape index (κ3) is 4.30.